The van der Waals surface area contributed by atoms with Crippen LogP contribution in [0.3, 0.4) is 0 Å². The molecule has 0 heterocycles. The molecule has 0 spiro atoms. The Morgan fingerprint density at radius 1 is 1.10 bits per heavy atom. The first-order valence-corrected chi connectivity index (χ1v) is 6.91. The Bertz CT molecular complexity index is 650. The second-order valence-corrected chi connectivity index (χ2v) is 5.41. The third-order valence-electron chi connectivity index (χ3n) is 3.12. The topological polar surface area (TPSA) is 37.4 Å². The van der Waals surface area contributed by atoms with Crippen molar-refractivity contribution in [2.45, 2.75) is 6.92 Å². The molecule has 102 valence electrons. The van der Waals surface area contributed by atoms with Crippen molar-refractivity contribution < 1.29 is 9.59 Å². The van der Waals surface area contributed by atoms with Crippen LogP contribution in [0.2, 0.25) is 0 Å². The fourth-order valence-corrected chi connectivity index (χ4v) is 2.11. The minimum atomic E-state index is -0.0269. The predicted molar refractivity (Wildman–Crippen MR) is 83.2 cm³/mol. The maximum Gasteiger partial charge on any atom is 0.213 e. The average Bonchev–Trinajstić information content (AvgIpc) is 2.48. The number of carbonyl (C=O) groups excluding carboxylic acids is 2. The minimum absolute atomic E-state index is 0.0269. The van der Waals surface area contributed by atoms with E-state index in [-0.39, 0.29) is 5.78 Å². The summed E-state index contributed by atoms with van der Waals surface area (Å²) in [5.74, 6) is -0.0269. The number of ketones is 1. The average molecular weight is 332 g/mol. The van der Waals surface area contributed by atoms with Crippen molar-refractivity contribution >= 4 is 33.8 Å². The molecule has 3 nitrogen and oxygen atoms in total. The van der Waals surface area contributed by atoms with Crippen molar-refractivity contribution in [3.8, 4) is 0 Å². The number of benzene rings is 2. The first kappa shape index (κ1) is 14.5. The SMILES string of the molecule is Cc1cc(C(=O)c2ccc(N(C)C=O)cc2)ccc1Br. The van der Waals surface area contributed by atoms with Crippen LogP contribution in [0.4, 0.5) is 5.69 Å². The smallest absolute Gasteiger partial charge is 0.213 e. The molecule has 0 N–H and O–H groups in total. The lowest BCUT2D eigenvalue weighted by Crippen LogP contribution is -2.13. The Hall–Kier alpha value is -1.94. The summed E-state index contributed by atoms with van der Waals surface area (Å²) in [6.07, 6.45) is 0.731. The van der Waals surface area contributed by atoms with Crippen LogP contribution in [0.1, 0.15) is 21.5 Å². The van der Waals surface area contributed by atoms with E-state index in [1.54, 1.807) is 37.4 Å². The van der Waals surface area contributed by atoms with E-state index >= 15 is 0 Å². The highest BCUT2D eigenvalue weighted by molar-refractivity contribution is 9.10. The molecule has 0 aliphatic rings. The number of aryl methyl sites for hydroxylation is 1. The molecular weight excluding hydrogens is 318 g/mol. The first-order valence-electron chi connectivity index (χ1n) is 6.12. The molecule has 0 atom stereocenters. The number of hydrogen-bond acceptors (Lipinski definition) is 2. The van der Waals surface area contributed by atoms with Crippen molar-refractivity contribution in [2.75, 3.05) is 11.9 Å². The third kappa shape index (κ3) is 2.96. The summed E-state index contributed by atoms with van der Waals surface area (Å²) in [5, 5.41) is 0. The largest absolute Gasteiger partial charge is 0.318 e. The van der Waals surface area contributed by atoms with Gasteiger partial charge in [0.05, 0.1) is 0 Å². The van der Waals surface area contributed by atoms with Crippen molar-refractivity contribution in [1.82, 2.24) is 0 Å². The number of nitrogens with zero attached hydrogens (tertiary/aromatic N) is 1. The van der Waals surface area contributed by atoms with E-state index in [9.17, 15) is 9.59 Å². The fourth-order valence-electron chi connectivity index (χ4n) is 1.86. The summed E-state index contributed by atoms with van der Waals surface area (Å²) in [5.41, 5.74) is 3.04. The van der Waals surface area contributed by atoms with Gasteiger partial charge in [0.25, 0.3) is 0 Å². The molecule has 2 aromatic rings. The van der Waals surface area contributed by atoms with Crippen LogP contribution in [0, 0.1) is 6.92 Å². The molecular formula is C16H14BrNO2. The molecule has 0 aromatic heterocycles. The highest BCUT2D eigenvalue weighted by atomic mass is 79.9. The van der Waals surface area contributed by atoms with Gasteiger partial charge in [0.15, 0.2) is 5.78 Å². The lowest BCUT2D eigenvalue weighted by molar-refractivity contribution is -0.107. The monoisotopic (exact) mass is 331 g/mol. The summed E-state index contributed by atoms with van der Waals surface area (Å²) in [7, 11) is 1.67. The summed E-state index contributed by atoms with van der Waals surface area (Å²) in [6.45, 7) is 1.95. The van der Waals surface area contributed by atoms with E-state index in [0.29, 0.717) is 11.1 Å². The molecule has 0 radical (unpaired) electrons. The molecule has 0 aliphatic heterocycles. The minimum Gasteiger partial charge on any atom is -0.318 e. The van der Waals surface area contributed by atoms with E-state index in [0.717, 1.165) is 22.1 Å². The van der Waals surface area contributed by atoms with Crippen molar-refractivity contribution in [3.63, 3.8) is 0 Å². The van der Waals surface area contributed by atoms with Gasteiger partial charge in [0.1, 0.15) is 0 Å². The molecule has 2 aromatic carbocycles. The number of halogens is 1. The molecule has 0 unspecified atom stereocenters. The van der Waals surface area contributed by atoms with E-state index < -0.39 is 0 Å². The maximum atomic E-state index is 12.4. The van der Waals surface area contributed by atoms with Crippen LogP contribution in [-0.2, 0) is 4.79 Å². The van der Waals surface area contributed by atoms with E-state index in [1.807, 2.05) is 19.1 Å². The van der Waals surface area contributed by atoms with Crippen molar-refractivity contribution in [2.24, 2.45) is 0 Å². The lowest BCUT2D eigenvalue weighted by Gasteiger charge is -2.11. The molecule has 0 saturated carbocycles. The van der Waals surface area contributed by atoms with Crippen molar-refractivity contribution in [1.29, 1.82) is 0 Å². The Balaban J connectivity index is 2.29. The van der Waals surface area contributed by atoms with Crippen LogP contribution in [0.5, 0.6) is 0 Å². The summed E-state index contributed by atoms with van der Waals surface area (Å²) in [4.78, 5) is 24.5. The zero-order valence-electron chi connectivity index (χ0n) is 11.3. The van der Waals surface area contributed by atoms with Gasteiger partial charge in [-0.25, -0.2) is 0 Å². The molecule has 2 rings (SSSR count). The van der Waals surface area contributed by atoms with E-state index in [1.165, 1.54) is 4.90 Å². The fraction of sp³-hybridized carbons (Fsp3) is 0.125. The van der Waals surface area contributed by atoms with Gasteiger partial charge in [-0.1, -0.05) is 15.9 Å². The molecule has 0 aliphatic carbocycles. The van der Waals surface area contributed by atoms with Gasteiger partial charge in [-0.2, -0.15) is 0 Å². The first-order chi connectivity index (χ1) is 9.52. The number of hydrogen-bond donors (Lipinski definition) is 0. The molecule has 20 heavy (non-hydrogen) atoms. The Kier molecular flexibility index (Phi) is 4.35. The molecule has 4 heteroatoms. The number of anilines is 1. The normalized spacial score (nSPS) is 10.2. The van der Waals surface area contributed by atoms with Crippen LogP contribution >= 0.6 is 15.9 Å². The van der Waals surface area contributed by atoms with E-state index in [4.69, 9.17) is 0 Å². The van der Waals surface area contributed by atoms with Gasteiger partial charge >= 0.3 is 0 Å². The van der Waals surface area contributed by atoms with E-state index in [2.05, 4.69) is 15.9 Å². The number of carbonyl (C=O) groups is 2. The van der Waals surface area contributed by atoms with Crippen LogP contribution in [0.25, 0.3) is 0 Å². The standard InChI is InChI=1S/C16H14BrNO2/c1-11-9-13(5-8-15(11)17)16(20)12-3-6-14(7-4-12)18(2)10-19/h3-10H,1-2H3. The Morgan fingerprint density at radius 3 is 2.25 bits per heavy atom. The van der Waals surface area contributed by atoms with Crippen LogP contribution in [-0.4, -0.2) is 19.2 Å². The second-order valence-electron chi connectivity index (χ2n) is 4.56. The molecule has 0 saturated heterocycles. The molecule has 0 fully saturated rings. The zero-order valence-corrected chi connectivity index (χ0v) is 12.8. The zero-order chi connectivity index (χ0) is 14.7. The maximum absolute atomic E-state index is 12.4. The van der Waals surface area contributed by atoms with Crippen LogP contribution < -0.4 is 4.90 Å². The number of amides is 1. The van der Waals surface area contributed by atoms with Gasteiger partial charge in [-0.3, -0.25) is 9.59 Å². The predicted octanol–water partition coefficient (Wildman–Crippen LogP) is 3.58. The quantitative estimate of drug-likeness (QED) is 0.634. The molecule has 0 bridgehead atoms. The van der Waals surface area contributed by atoms with Gasteiger partial charge in [-0.15, -0.1) is 0 Å². The summed E-state index contributed by atoms with van der Waals surface area (Å²) >= 11 is 3.42. The third-order valence-corrected chi connectivity index (χ3v) is 4.00. The number of rotatable bonds is 4. The van der Waals surface area contributed by atoms with Gasteiger partial charge in [-0.05, 0) is 55.0 Å². The summed E-state index contributed by atoms with van der Waals surface area (Å²) in [6, 6.07) is 12.5. The van der Waals surface area contributed by atoms with Gasteiger partial charge in [0, 0.05) is 28.3 Å². The second kappa shape index (κ2) is 6.01. The summed E-state index contributed by atoms with van der Waals surface area (Å²) < 4.78 is 0.983. The van der Waals surface area contributed by atoms with Gasteiger partial charge in [0.2, 0.25) is 6.41 Å². The molecule has 1 amide bonds. The lowest BCUT2D eigenvalue weighted by atomic mass is 10.0. The Morgan fingerprint density at radius 2 is 1.70 bits per heavy atom. The van der Waals surface area contributed by atoms with Crippen molar-refractivity contribution in [3.05, 3.63) is 63.6 Å². The Labute approximate surface area is 126 Å². The van der Waals surface area contributed by atoms with Gasteiger partial charge < -0.3 is 4.90 Å². The highest BCUT2D eigenvalue weighted by Gasteiger charge is 2.10. The highest BCUT2D eigenvalue weighted by Crippen LogP contribution is 2.20. The van der Waals surface area contributed by atoms with Crippen LogP contribution in [0.15, 0.2) is 46.9 Å².